The van der Waals surface area contributed by atoms with Crippen LogP contribution in [0, 0.1) is 0 Å². The second-order valence-corrected chi connectivity index (χ2v) is 6.04. The van der Waals surface area contributed by atoms with Gasteiger partial charge in [-0.15, -0.1) is 0 Å². The average Bonchev–Trinajstić information content (AvgIpc) is 2.71. The second-order valence-electron chi connectivity index (χ2n) is 6.04. The van der Waals surface area contributed by atoms with E-state index in [1.54, 1.807) is 0 Å². The molecule has 28 heavy (non-hydrogen) atoms. The summed E-state index contributed by atoms with van der Waals surface area (Å²) >= 11 is 0. The number of halogens is 3. The Labute approximate surface area is 160 Å². The van der Waals surface area contributed by atoms with E-state index in [-0.39, 0.29) is 24.7 Å². The summed E-state index contributed by atoms with van der Waals surface area (Å²) in [5.74, 6) is -1.58. The van der Waals surface area contributed by atoms with E-state index < -0.39 is 17.5 Å². The molecule has 0 bridgehead atoms. The summed E-state index contributed by atoms with van der Waals surface area (Å²) in [7, 11) is 0. The van der Waals surface area contributed by atoms with Crippen LogP contribution in [0.1, 0.15) is 21.5 Å². The van der Waals surface area contributed by atoms with Gasteiger partial charge in [-0.3, -0.25) is 4.79 Å². The molecular weight excluding hydrogens is 369 g/mol. The number of carbonyl (C=O) groups excluding carboxylic acids is 1. The van der Waals surface area contributed by atoms with Gasteiger partial charge in [0.05, 0.1) is 0 Å². The number of alkyl halides is 3. The molecule has 0 aromatic heterocycles. The standard InChI is InChI=1S/C22H17F3O3/c23-22(24,25)21(26)18-11-12-19(27-14-16-7-3-1-4-8-16)20(13-18)28-15-17-9-5-2-6-10-17/h1-13H,14-15H2. The minimum absolute atomic E-state index is 0.0786. The maximum atomic E-state index is 12.8. The summed E-state index contributed by atoms with van der Waals surface area (Å²) < 4.78 is 49.7. The molecule has 3 aromatic carbocycles. The maximum absolute atomic E-state index is 12.8. The Bertz CT molecular complexity index is 923. The molecule has 0 fully saturated rings. The van der Waals surface area contributed by atoms with Crippen LogP contribution < -0.4 is 9.47 Å². The van der Waals surface area contributed by atoms with Crippen molar-refractivity contribution in [1.82, 2.24) is 0 Å². The molecule has 0 aliphatic carbocycles. The van der Waals surface area contributed by atoms with Gasteiger partial charge >= 0.3 is 6.18 Å². The molecular formula is C22H17F3O3. The van der Waals surface area contributed by atoms with Gasteiger partial charge in [-0.25, -0.2) is 0 Å². The summed E-state index contributed by atoms with van der Waals surface area (Å²) in [5, 5.41) is 0. The van der Waals surface area contributed by atoms with Gasteiger partial charge in [0.15, 0.2) is 11.5 Å². The van der Waals surface area contributed by atoms with Crippen LogP contribution in [-0.4, -0.2) is 12.0 Å². The summed E-state index contributed by atoms with van der Waals surface area (Å²) in [5.41, 5.74) is 1.23. The van der Waals surface area contributed by atoms with Gasteiger partial charge < -0.3 is 9.47 Å². The Morgan fingerprint density at radius 1 is 0.714 bits per heavy atom. The van der Waals surface area contributed by atoms with E-state index in [1.165, 1.54) is 6.07 Å². The lowest BCUT2D eigenvalue weighted by molar-refractivity contribution is -0.0885. The molecule has 0 amide bonds. The van der Waals surface area contributed by atoms with Crippen molar-refractivity contribution in [3.63, 3.8) is 0 Å². The fourth-order valence-corrected chi connectivity index (χ4v) is 2.52. The number of ether oxygens (including phenoxy) is 2. The van der Waals surface area contributed by atoms with Crippen molar-refractivity contribution in [3.05, 3.63) is 95.6 Å². The molecule has 0 radical (unpaired) electrons. The highest BCUT2D eigenvalue weighted by Gasteiger charge is 2.39. The minimum Gasteiger partial charge on any atom is -0.485 e. The third-order valence-electron chi connectivity index (χ3n) is 3.94. The molecule has 0 spiro atoms. The molecule has 0 aliphatic rings. The zero-order chi connectivity index (χ0) is 20.0. The fraction of sp³-hybridized carbons (Fsp3) is 0.136. The second kappa shape index (κ2) is 8.61. The summed E-state index contributed by atoms with van der Waals surface area (Å²) in [6.45, 7) is 0.349. The summed E-state index contributed by atoms with van der Waals surface area (Å²) in [4.78, 5) is 11.6. The molecule has 144 valence electrons. The molecule has 0 heterocycles. The Morgan fingerprint density at radius 2 is 1.21 bits per heavy atom. The summed E-state index contributed by atoms with van der Waals surface area (Å²) in [6.07, 6.45) is -4.96. The number of benzene rings is 3. The van der Waals surface area contributed by atoms with Crippen LogP contribution in [0.15, 0.2) is 78.9 Å². The normalized spacial score (nSPS) is 11.1. The molecule has 3 aromatic rings. The topological polar surface area (TPSA) is 35.5 Å². The maximum Gasteiger partial charge on any atom is 0.454 e. The van der Waals surface area contributed by atoms with Crippen molar-refractivity contribution >= 4 is 5.78 Å². The van der Waals surface area contributed by atoms with E-state index in [2.05, 4.69) is 0 Å². The Hall–Kier alpha value is -3.28. The van der Waals surface area contributed by atoms with E-state index in [4.69, 9.17) is 9.47 Å². The van der Waals surface area contributed by atoms with Crippen LogP contribution in [0.5, 0.6) is 11.5 Å². The van der Waals surface area contributed by atoms with E-state index >= 15 is 0 Å². The summed E-state index contributed by atoms with van der Waals surface area (Å²) in [6, 6.07) is 22.0. The Kier molecular flexibility index (Phi) is 5.99. The van der Waals surface area contributed by atoms with E-state index in [0.717, 1.165) is 23.3 Å². The first-order valence-electron chi connectivity index (χ1n) is 8.52. The zero-order valence-electron chi connectivity index (χ0n) is 14.8. The number of rotatable bonds is 7. The number of hydrogen-bond acceptors (Lipinski definition) is 3. The average molecular weight is 386 g/mol. The van der Waals surface area contributed by atoms with Crippen molar-refractivity contribution in [3.8, 4) is 11.5 Å². The van der Waals surface area contributed by atoms with Gasteiger partial charge in [0, 0.05) is 5.56 Å². The van der Waals surface area contributed by atoms with Gasteiger partial charge in [-0.2, -0.15) is 13.2 Å². The predicted octanol–water partition coefficient (Wildman–Crippen LogP) is 5.59. The van der Waals surface area contributed by atoms with Crippen LogP contribution in [0.4, 0.5) is 13.2 Å². The third-order valence-corrected chi connectivity index (χ3v) is 3.94. The highest BCUT2D eigenvalue weighted by Crippen LogP contribution is 2.32. The Morgan fingerprint density at radius 3 is 1.71 bits per heavy atom. The highest BCUT2D eigenvalue weighted by atomic mass is 19.4. The van der Waals surface area contributed by atoms with Crippen molar-refractivity contribution in [2.45, 2.75) is 19.4 Å². The number of hydrogen-bond donors (Lipinski definition) is 0. The Balaban J connectivity index is 1.83. The molecule has 3 nitrogen and oxygen atoms in total. The first-order valence-corrected chi connectivity index (χ1v) is 8.52. The lowest BCUT2D eigenvalue weighted by Crippen LogP contribution is -2.22. The van der Waals surface area contributed by atoms with Crippen molar-refractivity contribution < 1.29 is 27.4 Å². The van der Waals surface area contributed by atoms with Crippen molar-refractivity contribution in [1.29, 1.82) is 0 Å². The van der Waals surface area contributed by atoms with Crippen LogP contribution in [0.2, 0.25) is 0 Å². The molecule has 3 rings (SSSR count). The number of carbonyl (C=O) groups is 1. The van der Waals surface area contributed by atoms with Crippen LogP contribution in [0.3, 0.4) is 0 Å². The van der Waals surface area contributed by atoms with Crippen LogP contribution in [-0.2, 0) is 13.2 Å². The molecule has 6 heteroatoms. The van der Waals surface area contributed by atoms with E-state index in [0.29, 0.717) is 0 Å². The lowest BCUT2D eigenvalue weighted by Gasteiger charge is -2.15. The van der Waals surface area contributed by atoms with Crippen LogP contribution in [0.25, 0.3) is 0 Å². The molecule has 0 aliphatic heterocycles. The minimum atomic E-state index is -4.96. The first-order chi connectivity index (χ1) is 13.4. The van der Waals surface area contributed by atoms with Gasteiger partial charge in [-0.05, 0) is 29.3 Å². The molecule has 0 atom stereocenters. The van der Waals surface area contributed by atoms with Gasteiger partial charge in [0.1, 0.15) is 13.2 Å². The van der Waals surface area contributed by atoms with Crippen molar-refractivity contribution in [2.75, 3.05) is 0 Å². The fourth-order valence-electron chi connectivity index (χ4n) is 2.52. The van der Waals surface area contributed by atoms with Gasteiger partial charge in [-0.1, -0.05) is 60.7 Å². The highest BCUT2D eigenvalue weighted by molar-refractivity contribution is 6.00. The molecule has 0 unspecified atom stereocenters. The quantitative estimate of drug-likeness (QED) is 0.497. The number of ketones is 1. The third kappa shape index (κ3) is 5.13. The van der Waals surface area contributed by atoms with Gasteiger partial charge in [0.2, 0.25) is 0 Å². The largest absolute Gasteiger partial charge is 0.485 e. The van der Waals surface area contributed by atoms with E-state index in [1.807, 2.05) is 60.7 Å². The smallest absolute Gasteiger partial charge is 0.454 e. The molecule has 0 saturated carbocycles. The predicted molar refractivity (Wildman–Crippen MR) is 98.4 cm³/mol. The van der Waals surface area contributed by atoms with Gasteiger partial charge in [0.25, 0.3) is 5.78 Å². The van der Waals surface area contributed by atoms with Crippen molar-refractivity contribution in [2.24, 2.45) is 0 Å². The van der Waals surface area contributed by atoms with E-state index in [9.17, 15) is 18.0 Å². The molecule has 0 saturated heterocycles. The number of Topliss-reactive ketones (excluding diaryl/α,β-unsaturated/α-hetero) is 1. The zero-order valence-corrected chi connectivity index (χ0v) is 14.8. The monoisotopic (exact) mass is 386 g/mol. The lowest BCUT2D eigenvalue weighted by atomic mass is 10.1. The SMILES string of the molecule is O=C(c1ccc(OCc2ccccc2)c(OCc2ccccc2)c1)C(F)(F)F. The molecule has 0 N–H and O–H groups in total. The first kappa shape index (κ1) is 19.5. The van der Waals surface area contributed by atoms with Crippen LogP contribution >= 0.6 is 0 Å².